The lowest BCUT2D eigenvalue weighted by Gasteiger charge is -2.19. The van der Waals surface area contributed by atoms with E-state index >= 15 is 0 Å². The number of anilines is 1. The van der Waals surface area contributed by atoms with Crippen molar-refractivity contribution in [3.8, 4) is 0 Å². The van der Waals surface area contributed by atoms with Crippen molar-refractivity contribution in [1.29, 1.82) is 0 Å². The Bertz CT molecular complexity index is 787. The molecule has 3 aromatic rings. The van der Waals surface area contributed by atoms with Crippen molar-refractivity contribution in [2.24, 2.45) is 0 Å². The summed E-state index contributed by atoms with van der Waals surface area (Å²) in [6, 6.07) is 4.24. The van der Waals surface area contributed by atoms with Gasteiger partial charge in [-0.15, -0.1) is 11.3 Å². The van der Waals surface area contributed by atoms with Crippen molar-refractivity contribution in [2.75, 3.05) is 11.9 Å². The number of rotatable bonds is 5. The molecule has 23 heavy (non-hydrogen) atoms. The first-order valence-corrected chi connectivity index (χ1v) is 7.56. The minimum absolute atomic E-state index is 0.104. The summed E-state index contributed by atoms with van der Waals surface area (Å²) < 4.78 is 40.1. The van der Waals surface area contributed by atoms with Crippen molar-refractivity contribution in [2.45, 2.75) is 18.6 Å². The maximum atomic E-state index is 13.0. The minimum Gasteiger partial charge on any atom is -0.396 e. The highest BCUT2D eigenvalue weighted by molar-refractivity contribution is 7.10. The molecule has 3 rings (SSSR count). The van der Waals surface area contributed by atoms with Crippen LogP contribution in [0, 0.1) is 0 Å². The second-order valence-electron chi connectivity index (χ2n) is 4.72. The van der Waals surface area contributed by atoms with Gasteiger partial charge in [-0.3, -0.25) is 0 Å². The molecule has 0 saturated heterocycles. The number of alkyl halides is 3. The van der Waals surface area contributed by atoms with Crippen molar-refractivity contribution < 1.29 is 18.3 Å². The Labute approximate surface area is 132 Å². The largest absolute Gasteiger partial charge is 0.433 e. The normalized spacial score (nSPS) is 13.4. The number of fused-ring (bicyclic) bond motifs is 1. The molecule has 3 aromatic heterocycles. The molecule has 6 nitrogen and oxygen atoms in total. The summed E-state index contributed by atoms with van der Waals surface area (Å²) in [5.74, 6) is -0.0251. The highest BCUT2D eigenvalue weighted by atomic mass is 32.1. The van der Waals surface area contributed by atoms with Gasteiger partial charge in [0.05, 0.1) is 6.04 Å². The van der Waals surface area contributed by atoms with Crippen molar-refractivity contribution >= 4 is 22.9 Å². The molecule has 0 bridgehead atoms. The average Bonchev–Trinajstić information content (AvgIpc) is 3.17. The molecular formula is C13H12F3N5OS. The summed E-state index contributed by atoms with van der Waals surface area (Å²) in [6.45, 7) is -0.104. The van der Waals surface area contributed by atoms with Gasteiger partial charge in [0.15, 0.2) is 5.69 Å². The average molecular weight is 343 g/mol. The van der Waals surface area contributed by atoms with Gasteiger partial charge in [-0.2, -0.15) is 27.8 Å². The number of nitrogens with zero attached hydrogens (tertiary/aromatic N) is 4. The SMILES string of the molecule is OCCC(Nc1cc(C(F)(F)F)nc2ncnn12)c1cccs1. The van der Waals surface area contributed by atoms with E-state index in [4.69, 9.17) is 0 Å². The maximum Gasteiger partial charge on any atom is 0.433 e. The Morgan fingerprint density at radius 1 is 1.39 bits per heavy atom. The first-order valence-electron chi connectivity index (χ1n) is 6.68. The van der Waals surface area contributed by atoms with Gasteiger partial charge in [-0.25, -0.2) is 4.98 Å². The number of aliphatic hydroxyl groups excluding tert-OH is 1. The summed E-state index contributed by atoms with van der Waals surface area (Å²) in [6.07, 6.45) is -3.10. The standard InChI is InChI=1S/C13H12F3N5OS/c14-13(15,16)10-6-11(21-12(20-10)17-7-18-21)19-8(3-4-22)9-2-1-5-23-9/h1-2,5-8,19,22H,3-4H2. The van der Waals surface area contributed by atoms with E-state index in [-0.39, 0.29) is 24.2 Å². The number of aliphatic hydroxyl groups is 1. The molecule has 0 saturated carbocycles. The van der Waals surface area contributed by atoms with E-state index in [1.54, 1.807) is 0 Å². The van der Waals surface area contributed by atoms with Gasteiger partial charge < -0.3 is 10.4 Å². The Kier molecular flexibility index (Phi) is 4.18. The van der Waals surface area contributed by atoms with Gasteiger partial charge in [0.2, 0.25) is 0 Å². The van der Waals surface area contributed by atoms with Crippen LogP contribution in [0.3, 0.4) is 0 Å². The zero-order valence-corrected chi connectivity index (χ0v) is 12.5. The fraction of sp³-hybridized carbons (Fsp3) is 0.308. The molecule has 122 valence electrons. The van der Waals surface area contributed by atoms with E-state index < -0.39 is 11.9 Å². The highest BCUT2D eigenvalue weighted by Gasteiger charge is 2.34. The second-order valence-corrected chi connectivity index (χ2v) is 5.70. The molecule has 0 radical (unpaired) electrons. The third-order valence-corrected chi connectivity index (χ3v) is 4.15. The first-order chi connectivity index (χ1) is 11.0. The molecule has 0 aromatic carbocycles. The molecule has 2 N–H and O–H groups in total. The molecule has 0 aliphatic heterocycles. The monoisotopic (exact) mass is 343 g/mol. The number of hydrogen-bond donors (Lipinski definition) is 2. The van der Waals surface area contributed by atoms with Crippen LogP contribution in [0.15, 0.2) is 29.9 Å². The lowest BCUT2D eigenvalue weighted by Crippen LogP contribution is -2.17. The second kappa shape index (κ2) is 6.13. The maximum absolute atomic E-state index is 13.0. The fourth-order valence-corrected chi connectivity index (χ4v) is 2.96. The molecule has 1 atom stereocenters. The van der Waals surface area contributed by atoms with E-state index in [2.05, 4.69) is 20.4 Å². The van der Waals surface area contributed by atoms with Crippen molar-refractivity contribution in [3.05, 3.63) is 40.5 Å². The lowest BCUT2D eigenvalue weighted by molar-refractivity contribution is -0.141. The molecule has 0 aliphatic rings. The van der Waals surface area contributed by atoms with E-state index in [0.29, 0.717) is 6.42 Å². The number of thiophene rings is 1. The van der Waals surface area contributed by atoms with Gasteiger partial charge in [0.1, 0.15) is 12.1 Å². The summed E-state index contributed by atoms with van der Waals surface area (Å²) in [7, 11) is 0. The van der Waals surface area contributed by atoms with Gasteiger partial charge in [-0.1, -0.05) is 6.07 Å². The topological polar surface area (TPSA) is 75.3 Å². The van der Waals surface area contributed by atoms with Gasteiger partial charge in [0, 0.05) is 17.6 Å². The van der Waals surface area contributed by atoms with Crippen LogP contribution in [-0.2, 0) is 6.18 Å². The molecule has 0 fully saturated rings. The molecule has 1 unspecified atom stereocenters. The predicted molar refractivity (Wildman–Crippen MR) is 78.2 cm³/mol. The smallest absolute Gasteiger partial charge is 0.396 e. The molecule has 3 heterocycles. The number of halogens is 3. The van der Waals surface area contributed by atoms with E-state index in [0.717, 1.165) is 17.3 Å². The van der Waals surface area contributed by atoms with Gasteiger partial charge >= 0.3 is 6.18 Å². The zero-order valence-electron chi connectivity index (χ0n) is 11.7. The Hall–Kier alpha value is -2.20. The quantitative estimate of drug-likeness (QED) is 0.745. The number of hydrogen-bond acceptors (Lipinski definition) is 6. The van der Waals surface area contributed by atoms with Crippen molar-refractivity contribution in [1.82, 2.24) is 19.6 Å². The van der Waals surface area contributed by atoms with Crippen LogP contribution in [0.2, 0.25) is 0 Å². The first kappa shape index (κ1) is 15.7. The molecule has 0 aliphatic carbocycles. The Balaban J connectivity index is 2.02. The fourth-order valence-electron chi connectivity index (χ4n) is 2.14. The lowest BCUT2D eigenvalue weighted by atomic mass is 10.2. The summed E-state index contributed by atoms with van der Waals surface area (Å²) in [5.41, 5.74) is -1.05. The third-order valence-electron chi connectivity index (χ3n) is 3.17. The van der Waals surface area contributed by atoms with Crippen LogP contribution in [0.1, 0.15) is 23.0 Å². The van der Waals surface area contributed by atoms with Crippen LogP contribution < -0.4 is 5.32 Å². The molecule has 10 heteroatoms. The number of nitrogens with one attached hydrogen (secondary N) is 1. The van der Waals surface area contributed by atoms with E-state index in [9.17, 15) is 18.3 Å². The van der Waals surface area contributed by atoms with Gasteiger partial charge in [0.25, 0.3) is 5.78 Å². The van der Waals surface area contributed by atoms with Crippen molar-refractivity contribution in [3.63, 3.8) is 0 Å². The van der Waals surface area contributed by atoms with E-state index in [1.807, 2.05) is 17.5 Å². The van der Waals surface area contributed by atoms with Crippen LogP contribution in [0.5, 0.6) is 0 Å². The number of aromatic nitrogens is 4. The summed E-state index contributed by atoms with van der Waals surface area (Å²) >= 11 is 1.45. The molecule has 0 spiro atoms. The highest BCUT2D eigenvalue weighted by Crippen LogP contribution is 2.31. The summed E-state index contributed by atoms with van der Waals surface area (Å²) in [4.78, 5) is 8.08. The van der Waals surface area contributed by atoms with Crippen LogP contribution in [0.4, 0.5) is 19.0 Å². The molecule has 0 amide bonds. The zero-order chi connectivity index (χ0) is 16.4. The Morgan fingerprint density at radius 2 is 2.22 bits per heavy atom. The Morgan fingerprint density at radius 3 is 2.87 bits per heavy atom. The van der Waals surface area contributed by atoms with Crippen LogP contribution >= 0.6 is 11.3 Å². The predicted octanol–water partition coefficient (Wildman–Crippen LogP) is 2.74. The van der Waals surface area contributed by atoms with Crippen LogP contribution in [0.25, 0.3) is 5.78 Å². The minimum atomic E-state index is -4.58. The molecular weight excluding hydrogens is 331 g/mol. The summed E-state index contributed by atoms with van der Waals surface area (Å²) in [5, 5.41) is 18.0. The van der Waals surface area contributed by atoms with Crippen LogP contribution in [-0.4, -0.2) is 31.3 Å². The van der Waals surface area contributed by atoms with E-state index in [1.165, 1.54) is 15.9 Å². The van der Waals surface area contributed by atoms with Gasteiger partial charge in [-0.05, 0) is 17.9 Å². The third kappa shape index (κ3) is 3.27.